The fourth-order valence-electron chi connectivity index (χ4n) is 2.48. The maximum Gasteiger partial charge on any atom is 0.405 e. The first-order chi connectivity index (χ1) is 11.0. The van der Waals surface area contributed by atoms with Crippen LogP contribution in [0.1, 0.15) is 23.1 Å². The van der Waals surface area contributed by atoms with Crippen LogP contribution in [0.5, 0.6) is 0 Å². The second-order valence-electron chi connectivity index (χ2n) is 5.39. The number of ether oxygens (including phenoxy) is 1. The number of benzene rings is 2. The van der Waals surface area contributed by atoms with Crippen LogP contribution in [0.4, 0.5) is 4.79 Å². The minimum atomic E-state index is -0.911. The van der Waals surface area contributed by atoms with Gasteiger partial charge < -0.3 is 15.4 Å². The van der Waals surface area contributed by atoms with Gasteiger partial charge >= 0.3 is 6.09 Å². The highest BCUT2D eigenvalue weighted by molar-refractivity contribution is 5.84. The van der Waals surface area contributed by atoms with Gasteiger partial charge in [-0.05, 0) is 11.1 Å². The van der Waals surface area contributed by atoms with Gasteiger partial charge in [0.1, 0.15) is 12.0 Å². The van der Waals surface area contributed by atoms with Crippen molar-refractivity contribution in [1.82, 2.24) is 4.90 Å². The van der Waals surface area contributed by atoms with Crippen LogP contribution in [0.3, 0.4) is 0 Å². The van der Waals surface area contributed by atoms with Crippen molar-refractivity contribution in [2.45, 2.75) is 12.0 Å². The quantitative estimate of drug-likeness (QED) is 0.922. The van der Waals surface area contributed by atoms with Gasteiger partial charge in [-0.1, -0.05) is 60.7 Å². The Morgan fingerprint density at radius 2 is 1.39 bits per heavy atom. The molecule has 0 bridgehead atoms. The molecule has 2 atom stereocenters. The van der Waals surface area contributed by atoms with Crippen LogP contribution in [0.15, 0.2) is 60.7 Å². The van der Waals surface area contributed by atoms with Gasteiger partial charge in [0.05, 0.1) is 0 Å². The zero-order chi connectivity index (χ0) is 16.8. The standard InChI is InChI=1S/C18H20N2O3/c1-20(2)17(21)15(13-9-5-3-6-10-13)16(23-18(19)22)14-11-7-4-8-12-14/h3-12,15-16H,1-2H3,(H2,19,22)/t15-,16?/m0/s1. The van der Waals surface area contributed by atoms with Crippen LogP contribution in [-0.2, 0) is 9.53 Å². The first kappa shape index (κ1) is 16.5. The van der Waals surface area contributed by atoms with E-state index in [9.17, 15) is 9.59 Å². The topological polar surface area (TPSA) is 72.6 Å². The van der Waals surface area contributed by atoms with E-state index in [2.05, 4.69) is 0 Å². The van der Waals surface area contributed by atoms with Crippen molar-refractivity contribution in [2.24, 2.45) is 5.73 Å². The van der Waals surface area contributed by atoms with Crippen molar-refractivity contribution in [3.63, 3.8) is 0 Å². The molecule has 0 aliphatic carbocycles. The van der Waals surface area contributed by atoms with Gasteiger partial charge in [0.15, 0.2) is 0 Å². The molecule has 0 aromatic heterocycles. The van der Waals surface area contributed by atoms with Crippen LogP contribution in [0.2, 0.25) is 0 Å². The van der Waals surface area contributed by atoms with E-state index in [1.807, 2.05) is 60.7 Å². The Morgan fingerprint density at radius 3 is 1.83 bits per heavy atom. The summed E-state index contributed by atoms with van der Waals surface area (Å²) in [5.41, 5.74) is 6.72. The van der Waals surface area contributed by atoms with Crippen LogP contribution in [0, 0.1) is 0 Å². The van der Waals surface area contributed by atoms with Gasteiger partial charge in [0.2, 0.25) is 5.91 Å². The van der Waals surface area contributed by atoms with Crippen LogP contribution in [0.25, 0.3) is 0 Å². The first-order valence-electron chi connectivity index (χ1n) is 7.28. The number of carbonyl (C=O) groups is 2. The first-order valence-corrected chi connectivity index (χ1v) is 7.28. The number of nitrogens with two attached hydrogens (primary N) is 1. The van der Waals surface area contributed by atoms with Crippen molar-refractivity contribution in [2.75, 3.05) is 14.1 Å². The Kier molecular flexibility index (Phi) is 5.36. The second-order valence-corrected chi connectivity index (χ2v) is 5.39. The number of likely N-dealkylation sites (N-methyl/N-ethyl adjacent to an activating group) is 1. The minimum absolute atomic E-state index is 0.161. The molecule has 2 rings (SSSR count). The molecule has 5 nitrogen and oxygen atoms in total. The number of nitrogens with zero attached hydrogens (tertiary/aromatic N) is 1. The number of primary amides is 1. The molecule has 0 aliphatic heterocycles. The summed E-state index contributed by atoms with van der Waals surface area (Å²) in [5, 5.41) is 0. The third-order valence-corrected chi connectivity index (χ3v) is 3.54. The summed E-state index contributed by atoms with van der Waals surface area (Å²) in [7, 11) is 3.34. The lowest BCUT2D eigenvalue weighted by Gasteiger charge is -2.28. The van der Waals surface area contributed by atoms with Gasteiger partial charge in [-0.15, -0.1) is 0 Å². The van der Waals surface area contributed by atoms with Crippen molar-refractivity contribution >= 4 is 12.0 Å². The molecule has 0 saturated heterocycles. The summed E-state index contributed by atoms with van der Waals surface area (Å²) >= 11 is 0. The molecule has 0 heterocycles. The fraction of sp³-hybridized carbons (Fsp3) is 0.222. The Balaban J connectivity index is 2.52. The van der Waals surface area contributed by atoms with Crippen molar-refractivity contribution in [3.05, 3.63) is 71.8 Å². The Labute approximate surface area is 135 Å². The molecule has 120 valence electrons. The van der Waals surface area contributed by atoms with Gasteiger partial charge in [-0.25, -0.2) is 4.79 Å². The lowest BCUT2D eigenvalue weighted by atomic mass is 9.88. The lowest BCUT2D eigenvalue weighted by molar-refractivity contribution is -0.133. The van der Waals surface area contributed by atoms with Crippen LogP contribution >= 0.6 is 0 Å². The van der Waals surface area contributed by atoms with E-state index in [-0.39, 0.29) is 5.91 Å². The monoisotopic (exact) mass is 312 g/mol. The SMILES string of the molecule is CN(C)C(=O)[C@@H](c1ccccc1)C(OC(N)=O)c1ccccc1. The molecule has 1 unspecified atom stereocenters. The predicted molar refractivity (Wildman–Crippen MR) is 87.7 cm³/mol. The van der Waals surface area contributed by atoms with E-state index in [0.717, 1.165) is 11.1 Å². The molecule has 5 heteroatoms. The summed E-state index contributed by atoms with van der Waals surface area (Å²) in [6.07, 6.45) is -1.70. The van der Waals surface area contributed by atoms with E-state index in [0.29, 0.717) is 0 Å². The summed E-state index contributed by atoms with van der Waals surface area (Å²) < 4.78 is 5.32. The number of hydrogen-bond donors (Lipinski definition) is 1. The van der Waals surface area contributed by atoms with E-state index >= 15 is 0 Å². The predicted octanol–water partition coefficient (Wildman–Crippen LogP) is 2.70. The van der Waals surface area contributed by atoms with Crippen LogP contribution < -0.4 is 5.73 Å². The maximum atomic E-state index is 12.7. The number of hydrogen-bond acceptors (Lipinski definition) is 3. The summed E-state index contributed by atoms with van der Waals surface area (Å²) in [6, 6.07) is 18.4. The molecule has 2 N–H and O–H groups in total. The molecule has 2 amide bonds. The average molecular weight is 312 g/mol. The van der Waals surface area contributed by atoms with E-state index in [4.69, 9.17) is 10.5 Å². The molecule has 0 spiro atoms. The Morgan fingerprint density at radius 1 is 0.913 bits per heavy atom. The highest BCUT2D eigenvalue weighted by atomic mass is 16.6. The number of amides is 2. The highest BCUT2D eigenvalue weighted by Gasteiger charge is 2.34. The molecular formula is C18H20N2O3. The molecule has 2 aromatic carbocycles. The third-order valence-electron chi connectivity index (χ3n) is 3.54. The summed E-state index contributed by atoms with van der Waals surface area (Å²) in [4.78, 5) is 25.6. The molecular weight excluding hydrogens is 292 g/mol. The molecule has 2 aromatic rings. The smallest absolute Gasteiger partial charge is 0.405 e. The van der Waals surface area contributed by atoms with Crippen molar-refractivity contribution in [3.8, 4) is 0 Å². The highest BCUT2D eigenvalue weighted by Crippen LogP contribution is 2.35. The largest absolute Gasteiger partial charge is 0.440 e. The molecule has 0 radical (unpaired) electrons. The fourth-order valence-corrected chi connectivity index (χ4v) is 2.48. The van der Waals surface area contributed by atoms with Gasteiger partial charge in [0, 0.05) is 14.1 Å². The van der Waals surface area contributed by atoms with E-state index in [1.54, 1.807) is 14.1 Å². The Bertz CT molecular complexity index is 656. The Hall–Kier alpha value is -2.82. The van der Waals surface area contributed by atoms with E-state index in [1.165, 1.54) is 4.90 Å². The van der Waals surface area contributed by atoms with Crippen molar-refractivity contribution < 1.29 is 14.3 Å². The zero-order valence-corrected chi connectivity index (χ0v) is 13.2. The summed E-state index contributed by atoms with van der Waals surface area (Å²) in [6.45, 7) is 0. The molecule has 23 heavy (non-hydrogen) atoms. The van der Waals surface area contributed by atoms with Gasteiger partial charge in [0.25, 0.3) is 0 Å². The number of carbonyl (C=O) groups excluding carboxylic acids is 2. The van der Waals surface area contributed by atoms with Gasteiger partial charge in [-0.3, -0.25) is 4.79 Å². The summed E-state index contributed by atoms with van der Waals surface area (Å²) in [5.74, 6) is -0.826. The van der Waals surface area contributed by atoms with E-state index < -0.39 is 18.1 Å². The molecule has 0 fully saturated rings. The zero-order valence-electron chi connectivity index (χ0n) is 13.2. The lowest BCUT2D eigenvalue weighted by Crippen LogP contribution is -2.34. The van der Waals surface area contributed by atoms with Crippen molar-refractivity contribution in [1.29, 1.82) is 0 Å². The maximum absolute atomic E-state index is 12.7. The molecule has 0 saturated carbocycles. The van der Waals surface area contributed by atoms with Crippen LogP contribution in [-0.4, -0.2) is 31.0 Å². The molecule has 0 aliphatic rings. The third kappa shape index (κ3) is 4.10. The van der Waals surface area contributed by atoms with Gasteiger partial charge in [-0.2, -0.15) is 0 Å². The average Bonchev–Trinajstić information content (AvgIpc) is 2.55. The normalized spacial score (nSPS) is 13.0. The number of rotatable bonds is 5. The second kappa shape index (κ2) is 7.45. The minimum Gasteiger partial charge on any atom is -0.440 e.